The second-order valence-corrected chi connectivity index (χ2v) is 9.28. The number of rotatable bonds is 6. The van der Waals surface area contributed by atoms with E-state index < -0.39 is 20.0 Å². The number of aryl methyl sites for hydroxylation is 1. The molecular formula is C19H18N2O4S2. The Labute approximate surface area is 159 Å². The van der Waals surface area contributed by atoms with E-state index in [1.54, 1.807) is 42.5 Å². The molecule has 2 N–H and O–H groups in total. The molecule has 0 bridgehead atoms. The van der Waals surface area contributed by atoms with Crippen LogP contribution in [0.3, 0.4) is 0 Å². The fourth-order valence-corrected chi connectivity index (χ4v) is 4.47. The average molecular weight is 402 g/mol. The van der Waals surface area contributed by atoms with Gasteiger partial charge in [0.05, 0.1) is 9.79 Å². The first-order valence-corrected chi connectivity index (χ1v) is 11.0. The Hall–Kier alpha value is -2.84. The van der Waals surface area contributed by atoms with Crippen molar-refractivity contribution >= 4 is 31.4 Å². The Morgan fingerprint density at radius 3 is 1.44 bits per heavy atom. The molecule has 0 saturated heterocycles. The van der Waals surface area contributed by atoms with Crippen LogP contribution < -0.4 is 9.44 Å². The lowest BCUT2D eigenvalue weighted by atomic mass is 10.2. The standard InChI is InChI=1S/C19H18N2O4S2/c1-15-7-11-18(12-8-15)26(22,23)21-17-9-13-19(14-10-17)27(24,25)20-16-5-3-2-4-6-16/h2-14,20-21H,1H3. The van der Waals surface area contributed by atoms with E-state index >= 15 is 0 Å². The third-order valence-electron chi connectivity index (χ3n) is 3.77. The monoisotopic (exact) mass is 402 g/mol. The lowest BCUT2D eigenvalue weighted by molar-refractivity contribution is 0.600. The van der Waals surface area contributed by atoms with Gasteiger partial charge in [-0.3, -0.25) is 9.44 Å². The maximum absolute atomic E-state index is 12.4. The number of hydrogen-bond donors (Lipinski definition) is 2. The Morgan fingerprint density at radius 2 is 0.963 bits per heavy atom. The van der Waals surface area contributed by atoms with Crippen LogP contribution >= 0.6 is 0 Å². The zero-order valence-corrected chi connectivity index (χ0v) is 16.1. The summed E-state index contributed by atoms with van der Waals surface area (Å²) in [5.41, 5.74) is 1.67. The smallest absolute Gasteiger partial charge is 0.261 e. The third-order valence-corrected chi connectivity index (χ3v) is 6.57. The van der Waals surface area contributed by atoms with E-state index in [1.165, 1.54) is 36.4 Å². The molecule has 140 valence electrons. The fourth-order valence-electron chi connectivity index (χ4n) is 2.35. The first-order valence-electron chi connectivity index (χ1n) is 8.04. The van der Waals surface area contributed by atoms with Gasteiger partial charge in [0.15, 0.2) is 0 Å². The van der Waals surface area contributed by atoms with Gasteiger partial charge in [0.25, 0.3) is 20.0 Å². The van der Waals surface area contributed by atoms with Gasteiger partial charge in [0.2, 0.25) is 0 Å². The molecule has 0 radical (unpaired) electrons. The van der Waals surface area contributed by atoms with E-state index in [4.69, 9.17) is 0 Å². The normalized spacial score (nSPS) is 11.7. The summed E-state index contributed by atoms with van der Waals surface area (Å²) in [6, 6.07) is 20.5. The Balaban J connectivity index is 1.78. The summed E-state index contributed by atoms with van der Waals surface area (Å²) >= 11 is 0. The Morgan fingerprint density at radius 1 is 0.556 bits per heavy atom. The van der Waals surface area contributed by atoms with Crippen LogP contribution in [0.1, 0.15) is 5.56 Å². The van der Waals surface area contributed by atoms with Gasteiger partial charge in [-0.15, -0.1) is 0 Å². The summed E-state index contributed by atoms with van der Waals surface area (Å²) in [5, 5.41) is 0. The van der Waals surface area contributed by atoms with Crippen LogP contribution in [0.2, 0.25) is 0 Å². The van der Waals surface area contributed by atoms with Crippen molar-refractivity contribution in [2.75, 3.05) is 9.44 Å². The fraction of sp³-hybridized carbons (Fsp3) is 0.0526. The molecule has 6 nitrogen and oxygen atoms in total. The highest BCUT2D eigenvalue weighted by atomic mass is 32.2. The van der Waals surface area contributed by atoms with Gasteiger partial charge < -0.3 is 0 Å². The summed E-state index contributed by atoms with van der Waals surface area (Å²) in [7, 11) is -7.50. The van der Waals surface area contributed by atoms with Crippen molar-refractivity contribution < 1.29 is 16.8 Å². The number of nitrogens with one attached hydrogen (secondary N) is 2. The van der Waals surface area contributed by atoms with Gasteiger partial charge in [-0.2, -0.15) is 0 Å². The van der Waals surface area contributed by atoms with Crippen LogP contribution in [-0.2, 0) is 20.0 Å². The second-order valence-electron chi connectivity index (χ2n) is 5.91. The Kier molecular flexibility index (Phi) is 5.20. The Bertz CT molecular complexity index is 1120. The molecule has 8 heteroatoms. The molecule has 0 fully saturated rings. The van der Waals surface area contributed by atoms with E-state index in [-0.39, 0.29) is 15.5 Å². The van der Waals surface area contributed by atoms with Crippen molar-refractivity contribution in [3.05, 3.63) is 84.4 Å². The molecule has 0 aliphatic carbocycles. The lowest BCUT2D eigenvalue weighted by Gasteiger charge is -2.10. The predicted octanol–water partition coefficient (Wildman–Crippen LogP) is 3.60. The molecule has 27 heavy (non-hydrogen) atoms. The largest absolute Gasteiger partial charge is 0.280 e. The number of hydrogen-bond acceptors (Lipinski definition) is 4. The molecule has 3 aromatic rings. The molecule has 0 spiro atoms. The van der Waals surface area contributed by atoms with E-state index in [0.717, 1.165) is 5.56 Å². The molecule has 0 amide bonds. The highest BCUT2D eigenvalue weighted by Crippen LogP contribution is 2.20. The molecular weight excluding hydrogens is 384 g/mol. The third kappa shape index (κ3) is 4.66. The number of benzene rings is 3. The summed E-state index contributed by atoms with van der Waals surface area (Å²) in [6.07, 6.45) is 0. The lowest BCUT2D eigenvalue weighted by Crippen LogP contribution is -2.14. The molecule has 3 rings (SSSR count). The summed E-state index contributed by atoms with van der Waals surface area (Å²) in [5.74, 6) is 0. The van der Waals surface area contributed by atoms with Gasteiger partial charge in [0.1, 0.15) is 0 Å². The van der Waals surface area contributed by atoms with Crippen LogP contribution in [0, 0.1) is 6.92 Å². The van der Waals surface area contributed by atoms with Gasteiger partial charge >= 0.3 is 0 Å². The number of para-hydroxylation sites is 1. The van der Waals surface area contributed by atoms with Crippen molar-refractivity contribution in [3.63, 3.8) is 0 Å². The van der Waals surface area contributed by atoms with Gasteiger partial charge in [-0.05, 0) is 55.5 Å². The van der Waals surface area contributed by atoms with Crippen LogP contribution in [0.25, 0.3) is 0 Å². The van der Waals surface area contributed by atoms with Crippen LogP contribution in [0.15, 0.2) is 88.7 Å². The zero-order valence-electron chi connectivity index (χ0n) is 14.5. The minimum Gasteiger partial charge on any atom is -0.280 e. The maximum Gasteiger partial charge on any atom is 0.261 e. The minimum atomic E-state index is -3.76. The van der Waals surface area contributed by atoms with Crippen molar-refractivity contribution in [1.82, 2.24) is 0 Å². The van der Waals surface area contributed by atoms with Crippen molar-refractivity contribution in [3.8, 4) is 0 Å². The van der Waals surface area contributed by atoms with Gasteiger partial charge in [-0.1, -0.05) is 35.9 Å². The van der Waals surface area contributed by atoms with Gasteiger partial charge in [-0.25, -0.2) is 16.8 Å². The van der Waals surface area contributed by atoms with E-state index in [9.17, 15) is 16.8 Å². The molecule has 0 heterocycles. The second kappa shape index (κ2) is 7.42. The van der Waals surface area contributed by atoms with Crippen LogP contribution in [0.5, 0.6) is 0 Å². The van der Waals surface area contributed by atoms with Gasteiger partial charge in [0, 0.05) is 11.4 Å². The quantitative estimate of drug-likeness (QED) is 0.659. The van der Waals surface area contributed by atoms with Crippen molar-refractivity contribution in [2.24, 2.45) is 0 Å². The topological polar surface area (TPSA) is 92.3 Å². The summed E-state index contributed by atoms with van der Waals surface area (Å²) < 4.78 is 54.5. The molecule has 3 aromatic carbocycles. The highest BCUT2D eigenvalue weighted by molar-refractivity contribution is 7.93. The molecule has 0 atom stereocenters. The minimum absolute atomic E-state index is 0.0321. The summed E-state index contributed by atoms with van der Waals surface area (Å²) in [4.78, 5) is 0.167. The van der Waals surface area contributed by atoms with Crippen LogP contribution in [0.4, 0.5) is 11.4 Å². The average Bonchev–Trinajstić information content (AvgIpc) is 2.63. The van der Waals surface area contributed by atoms with Crippen molar-refractivity contribution in [1.29, 1.82) is 0 Å². The number of anilines is 2. The highest BCUT2D eigenvalue weighted by Gasteiger charge is 2.16. The number of sulfonamides is 2. The SMILES string of the molecule is Cc1ccc(S(=O)(=O)Nc2ccc(S(=O)(=O)Nc3ccccc3)cc2)cc1. The molecule has 0 aliphatic heterocycles. The molecule has 0 saturated carbocycles. The predicted molar refractivity (Wildman–Crippen MR) is 106 cm³/mol. The zero-order chi connectivity index (χ0) is 19.5. The van der Waals surface area contributed by atoms with E-state index in [1.807, 2.05) is 6.92 Å². The maximum atomic E-state index is 12.4. The first kappa shape index (κ1) is 18.9. The molecule has 0 aliphatic rings. The molecule has 0 aromatic heterocycles. The molecule has 0 unspecified atom stereocenters. The summed E-state index contributed by atoms with van der Waals surface area (Å²) in [6.45, 7) is 1.87. The van der Waals surface area contributed by atoms with E-state index in [2.05, 4.69) is 9.44 Å². The first-order chi connectivity index (χ1) is 12.8. The van der Waals surface area contributed by atoms with Crippen LogP contribution in [-0.4, -0.2) is 16.8 Å². The van der Waals surface area contributed by atoms with Crippen molar-refractivity contribution in [2.45, 2.75) is 16.7 Å². The van der Waals surface area contributed by atoms with E-state index in [0.29, 0.717) is 5.69 Å².